The van der Waals surface area contributed by atoms with E-state index in [-0.39, 0.29) is 35.9 Å². The van der Waals surface area contributed by atoms with Crippen molar-refractivity contribution in [2.24, 2.45) is 0 Å². The molecular formula is C25H28N4O7S2. The van der Waals surface area contributed by atoms with Crippen LogP contribution in [0.25, 0.3) is 21.3 Å². The summed E-state index contributed by atoms with van der Waals surface area (Å²) in [7, 11) is -1.33. The molecule has 3 amide bonds. The Labute approximate surface area is 223 Å². The molecule has 13 heteroatoms. The number of amides is 3. The minimum Gasteiger partial charge on any atom is -0.453 e. The highest BCUT2D eigenvalue weighted by molar-refractivity contribution is 7.92. The van der Waals surface area contributed by atoms with Crippen LogP contribution in [0.3, 0.4) is 0 Å². The van der Waals surface area contributed by atoms with Crippen LogP contribution in [0.2, 0.25) is 0 Å². The molecule has 1 saturated carbocycles. The maximum absolute atomic E-state index is 13.1. The van der Waals surface area contributed by atoms with Gasteiger partial charge < -0.3 is 20.1 Å². The zero-order valence-corrected chi connectivity index (χ0v) is 22.5. The van der Waals surface area contributed by atoms with E-state index in [9.17, 15) is 22.8 Å². The van der Waals surface area contributed by atoms with Crippen LogP contribution in [0.5, 0.6) is 0 Å². The van der Waals surface area contributed by atoms with Gasteiger partial charge >= 0.3 is 6.09 Å². The van der Waals surface area contributed by atoms with Crippen LogP contribution >= 0.6 is 11.3 Å². The van der Waals surface area contributed by atoms with Gasteiger partial charge in [0.25, 0.3) is 0 Å². The Balaban J connectivity index is 1.58. The lowest BCUT2D eigenvalue weighted by atomic mass is 10.1. The Morgan fingerprint density at radius 2 is 1.79 bits per heavy atom. The van der Waals surface area contributed by atoms with Gasteiger partial charge in [0.1, 0.15) is 5.01 Å². The summed E-state index contributed by atoms with van der Waals surface area (Å²) >= 11 is 1.11. The topological polar surface area (TPSA) is 153 Å². The molecule has 0 spiro atoms. The molecule has 0 radical (unpaired) electrons. The first kappa shape index (κ1) is 27.5. The number of methoxy groups -OCH3 is 2. The van der Waals surface area contributed by atoms with Gasteiger partial charge in [-0.1, -0.05) is 18.2 Å². The van der Waals surface area contributed by atoms with Crippen molar-refractivity contribution in [1.82, 2.24) is 15.6 Å². The summed E-state index contributed by atoms with van der Waals surface area (Å²) in [6.45, 7) is -0.397. The third kappa shape index (κ3) is 6.85. The maximum atomic E-state index is 13.1. The van der Waals surface area contributed by atoms with Gasteiger partial charge in [-0.2, -0.15) is 0 Å². The van der Waals surface area contributed by atoms with Crippen LogP contribution in [-0.4, -0.2) is 70.5 Å². The number of thiazole rings is 1. The second kappa shape index (κ2) is 11.9. The molecule has 38 heavy (non-hydrogen) atoms. The average Bonchev–Trinajstić information content (AvgIpc) is 3.61. The Hall–Kier alpha value is -3.55. The molecule has 0 aliphatic heterocycles. The number of aromatic nitrogens is 1. The predicted octanol–water partition coefficient (Wildman–Crippen LogP) is 2.64. The third-order valence-corrected chi connectivity index (χ3v) is 8.96. The number of nitrogens with zero attached hydrogens (tertiary/aromatic N) is 1. The van der Waals surface area contributed by atoms with Crippen molar-refractivity contribution in [3.8, 4) is 11.1 Å². The number of nitrogens with one attached hydrogen (secondary N) is 3. The molecule has 1 heterocycles. The van der Waals surface area contributed by atoms with Crippen LogP contribution in [0.4, 0.5) is 10.5 Å². The van der Waals surface area contributed by atoms with Crippen LogP contribution in [0.1, 0.15) is 23.1 Å². The molecule has 0 bridgehead atoms. The van der Waals surface area contributed by atoms with Crippen LogP contribution < -0.4 is 16.0 Å². The molecule has 0 saturated heterocycles. The molecule has 1 aliphatic carbocycles. The van der Waals surface area contributed by atoms with Gasteiger partial charge in [-0.3, -0.25) is 14.9 Å². The highest BCUT2D eigenvalue weighted by atomic mass is 32.2. The molecule has 4 rings (SSSR count). The Kier molecular flexibility index (Phi) is 8.59. The number of rotatable bonds is 11. The van der Waals surface area contributed by atoms with Gasteiger partial charge in [-0.25, -0.2) is 18.2 Å². The zero-order valence-electron chi connectivity index (χ0n) is 20.9. The molecule has 3 N–H and O–H groups in total. The lowest BCUT2D eigenvalue weighted by Crippen LogP contribution is -2.41. The first-order valence-corrected chi connectivity index (χ1v) is 14.4. The molecule has 3 aromatic rings. The SMILES string of the molecule is COCCS(=O)(=O)C(C(=O)NCC(=O)NC1CC1)c1nc2cc(-c3ccc(NC(=O)OC)cc3)ccc2s1. The quantitative estimate of drug-likeness (QED) is 0.324. The largest absolute Gasteiger partial charge is 0.453 e. The van der Waals surface area contributed by atoms with Crippen molar-refractivity contribution < 1.29 is 32.3 Å². The predicted molar refractivity (Wildman–Crippen MR) is 144 cm³/mol. The number of anilines is 1. The number of sulfone groups is 1. The minimum absolute atomic E-state index is 0.0792. The van der Waals surface area contributed by atoms with Gasteiger partial charge in [0.15, 0.2) is 15.1 Å². The van der Waals surface area contributed by atoms with E-state index < -0.39 is 27.1 Å². The van der Waals surface area contributed by atoms with Crippen molar-refractivity contribution in [3.63, 3.8) is 0 Å². The van der Waals surface area contributed by atoms with Gasteiger partial charge in [0, 0.05) is 18.8 Å². The number of ether oxygens (including phenoxy) is 2. The Morgan fingerprint density at radius 3 is 2.45 bits per heavy atom. The fourth-order valence-corrected chi connectivity index (χ4v) is 6.58. The molecule has 1 atom stereocenters. The first-order chi connectivity index (χ1) is 18.2. The van der Waals surface area contributed by atoms with Gasteiger partial charge in [0.05, 0.1) is 36.2 Å². The molecule has 202 valence electrons. The summed E-state index contributed by atoms with van der Waals surface area (Å²) in [5.41, 5.74) is 2.77. The zero-order chi connectivity index (χ0) is 27.3. The molecular weight excluding hydrogens is 532 g/mol. The number of carbonyl (C=O) groups is 3. The molecule has 11 nitrogen and oxygen atoms in total. The van der Waals surface area contributed by atoms with Crippen LogP contribution in [0, 0.1) is 0 Å². The van der Waals surface area contributed by atoms with Crippen molar-refractivity contribution in [1.29, 1.82) is 0 Å². The van der Waals surface area contributed by atoms with Crippen LogP contribution in [-0.2, 0) is 28.9 Å². The Morgan fingerprint density at radius 1 is 1.08 bits per heavy atom. The number of hydrogen-bond donors (Lipinski definition) is 3. The van der Waals surface area contributed by atoms with Gasteiger partial charge in [-0.15, -0.1) is 11.3 Å². The lowest BCUT2D eigenvalue weighted by molar-refractivity contribution is -0.126. The second-order valence-corrected chi connectivity index (χ2v) is 12.0. The standard InChI is InChI=1S/C25H28N4O7S2/c1-35-11-12-38(33,34)22(23(31)26-14-21(30)27-17-8-9-17)24-29-19-13-16(5-10-20(19)37-24)15-3-6-18(7-4-15)28-25(32)36-2/h3-7,10,13,17,22H,8-9,11-12,14H2,1-2H3,(H,26,31)(H,27,30)(H,28,32). The summed E-state index contributed by atoms with van der Waals surface area (Å²) in [5.74, 6) is -1.54. The number of benzene rings is 2. The maximum Gasteiger partial charge on any atom is 0.411 e. The van der Waals surface area contributed by atoms with Crippen molar-refractivity contribution in [2.45, 2.75) is 24.1 Å². The van der Waals surface area contributed by atoms with E-state index in [0.717, 1.165) is 35.3 Å². The summed E-state index contributed by atoms with van der Waals surface area (Å²) in [4.78, 5) is 41.0. The normalized spacial score (nSPS) is 14.1. The van der Waals surface area contributed by atoms with E-state index in [4.69, 9.17) is 4.74 Å². The van der Waals surface area contributed by atoms with Crippen molar-refractivity contribution >= 4 is 55.0 Å². The van der Waals surface area contributed by atoms with E-state index in [0.29, 0.717) is 15.9 Å². The molecule has 1 fully saturated rings. The third-order valence-electron chi connectivity index (χ3n) is 5.81. The van der Waals surface area contributed by atoms with Crippen LogP contribution in [0.15, 0.2) is 42.5 Å². The van der Waals surface area contributed by atoms with Crippen molar-refractivity contribution in [3.05, 3.63) is 47.5 Å². The number of carbonyl (C=O) groups excluding carboxylic acids is 3. The van der Waals surface area contributed by atoms with Crippen molar-refractivity contribution in [2.75, 3.05) is 38.4 Å². The van der Waals surface area contributed by atoms with E-state index >= 15 is 0 Å². The smallest absolute Gasteiger partial charge is 0.411 e. The van der Waals surface area contributed by atoms with E-state index in [1.165, 1.54) is 14.2 Å². The summed E-state index contributed by atoms with van der Waals surface area (Å²) in [6.07, 6.45) is 1.23. The lowest BCUT2D eigenvalue weighted by Gasteiger charge is -2.15. The average molecular weight is 561 g/mol. The van der Waals surface area contributed by atoms with E-state index in [1.54, 1.807) is 18.2 Å². The molecule has 2 aromatic carbocycles. The molecule has 1 aromatic heterocycles. The Bertz CT molecular complexity index is 1430. The van der Waals surface area contributed by atoms with E-state index in [2.05, 4.69) is 25.7 Å². The van der Waals surface area contributed by atoms with Gasteiger partial charge in [0.2, 0.25) is 11.8 Å². The van der Waals surface area contributed by atoms with E-state index in [1.807, 2.05) is 24.3 Å². The summed E-state index contributed by atoms with van der Waals surface area (Å²) in [6, 6.07) is 12.7. The monoisotopic (exact) mass is 560 g/mol. The fourth-order valence-electron chi connectivity index (χ4n) is 3.66. The van der Waals surface area contributed by atoms with Gasteiger partial charge in [-0.05, 0) is 48.2 Å². The molecule has 1 unspecified atom stereocenters. The summed E-state index contributed by atoms with van der Waals surface area (Å²) in [5, 5.41) is 6.34. The highest BCUT2D eigenvalue weighted by Crippen LogP contribution is 2.34. The highest BCUT2D eigenvalue weighted by Gasteiger charge is 2.37. The first-order valence-electron chi connectivity index (χ1n) is 11.8. The molecule has 1 aliphatic rings. The second-order valence-electron chi connectivity index (χ2n) is 8.73. The fraction of sp³-hybridized carbons (Fsp3) is 0.360. The number of hydrogen-bond acceptors (Lipinski definition) is 9. The summed E-state index contributed by atoms with van der Waals surface area (Å²) < 4.78 is 36.5. The minimum atomic E-state index is -3.99. The number of fused-ring (bicyclic) bond motifs is 1.